The van der Waals surface area contributed by atoms with Gasteiger partial charge in [-0.25, -0.2) is 4.98 Å². The van der Waals surface area contributed by atoms with Crippen LogP contribution in [0.15, 0.2) is 34.2 Å². The fourth-order valence-corrected chi connectivity index (χ4v) is 3.91. The monoisotopic (exact) mass is 415 g/mol. The second kappa shape index (κ2) is 9.61. The van der Waals surface area contributed by atoms with E-state index in [2.05, 4.69) is 55.3 Å². The Balaban J connectivity index is 2.22. The molecular weight excluding hydrogens is 382 g/mol. The first kappa shape index (κ1) is 23.2. The molecule has 6 heteroatoms. The third-order valence-electron chi connectivity index (χ3n) is 4.95. The Morgan fingerprint density at radius 3 is 2.41 bits per heavy atom. The molecule has 0 spiro atoms. The molecule has 5 nitrogen and oxygen atoms in total. The lowest BCUT2D eigenvalue weighted by molar-refractivity contribution is -0.120. The normalized spacial score (nSPS) is 12.7. The fourth-order valence-electron chi connectivity index (χ4n) is 2.97. The Hall–Kier alpha value is -2.08. The summed E-state index contributed by atoms with van der Waals surface area (Å²) in [5.41, 5.74) is 3.82. The van der Waals surface area contributed by atoms with Crippen molar-refractivity contribution in [3.05, 3.63) is 57.0 Å². The number of nitrogens with one attached hydrogen (secondary N) is 1. The summed E-state index contributed by atoms with van der Waals surface area (Å²) < 4.78 is 1.56. The number of aromatic nitrogens is 2. The number of rotatable bonds is 7. The molecule has 1 aromatic carbocycles. The zero-order chi connectivity index (χ0) is 21.8. The molecule has 1 heterocycles. The first-order chi connectivity index (χ1) is 13.5. The molecule has 2 aromatic rings. The molecule has 0 aliphatic carbocycles. The minimum absolute atomic E-state index is 0.0354. The quantitative estimate of drug-likeness (QED) is 0.549. The molecule has 1 amide bonds. The van der Waals surface area contributed by atoms with Gasteiger partial charge in [0.05, 0.1) is 5.25 Å². The minimum Gasteiger partial charge on any atom is -0.355 e. The molecule has 0 saturated carbocycles. The molecule has 1 atom stereocenters. The highest BCUT2D eigenvalue weighted by molar-refractivity contribution is 8.00. The first-order valence-electron chi connectivity index (χ1n) is 10.1. The number of aryl methyl sites for hydroxylation is 1. The molecule has 0 fully saturated rings. The number of carbonyl (C=O) groups excluding carboxylic acids is 1. The summed E-state index contributed by atoms with van der Waals surface area (Å²) >= 11 is 1.32. The first-order valence-corrected chi connectivity index (χ1v) is 11.0. The average molecular weight is 416 g/mol. The molecule has 1 unspecified atom stereocenters. The topological polar surface area (TPSA) is 64.0 Å². The Labute approximate surface area is 178 Å². The summed E-state index contributed by atoms with van der Waals surface area (Å²) in [6, 6.07) is 8.43. The maximum absolute atomic E-state index is 13.0. The van der Waals surface area contributed by atoms with Crippen LogP contribution in [0.5, 0.6) is 0 Å². The van der Waals surface area contributed by atoms with Gasteiger partial charge >= 0.3 is 0 Å². The third-order valence-corrected chi connectivity index (χ3v) is 6.09. The number of nitrogens with zero attached hydrogens (tertiary/aromatic N) is 2. The molecule has 0 radical (unpaired) electrons. The van der Waals surface area contributed by atoms with Crippen molar-refractivity contribution in [2.24, 2.45) is 7.05 Å². The SMILES string of the molecule is CCCNC(=O)C(C)Sc1nc(C)c(Cc2ccc(C(C)(C)C)cc2)c(=O)n1C. The molecule has 0 aliphatic rings. The maximum Gasteiger partial charge on any atom is 0.257 e. The molecule has 158 valence electrons. The second-order valence-corrected chi connectivity index (χ2v) is 9.81. The summed E-state index contributed by atoms with van der Waals surface area (Å²) in [6.45, 7) is 12.9. The van der Waals surface area contributed by atoms with Gasteiger partial charge in [0, 0.05) is 31.3 Å². The van der Waals surface area contributed by atoms with Gasteiger partial charge in [-0.05, 0) is 36.8 Å². The van der Waals surface area contributed by atoms with Gasteiger partial charge in [0.1, 0.15) is 0 Å². The van der Waals surface area contributed by atoms with E-state index in [9.17, 15) is 9.59 Å². The van der Waals surface area contributed by atoms with Gasteiger partial charge in [-0.1, -0.05) is 63.7 Å². The van der Waals surface area contributed by atoms with Crippen molar-refractivity contribution in [3.63, 3.8) is 0 Å². The van der Waals surface area contributed by atoms with Gasteiger partial charge in [-0.3, -0.25) is 14.2 Å². The Morgan fingerprint density at radius 2 is 1.86 bits per heavy atom. The number of thioether (sulfide) groups is 1. The second-order valence-electron chi connectivity index (χ2n) is 8.50. The van der Waals surface area contributed by atoms with Gasteiger partial charge in [0.25, 0.3) is 5.56 Å². The van der Waals surface area contributed by atoms with Crippen molar-refractivity contribution >= 4 is 17.7 Å². The summed E-state index contributed by atoms with van der Waals surface area (Å²) in [4.78, 5) is 29.8. The summed E-state index contributed by atoms with van der Waals surface area (Å²) in [6.07, 6.45) is 1.44. The van der Waals surface area contributed by atoms with Crippen LogP contribution in [0.1, 0.15) is 63.4 Å². The van der Waals surface area contributed by atoms with Crippen molar-refractivity contribution in [1.82, 2.24) is 14.9 Å². The number of carbonyl (C=O) groups is 1. The Kier molecular flexibility index (Phi) is 7.69. The zero-order valence-electron chi connectivity index (χ0n) is 18.6. The van der Waals surface area contributed by atoms with E-state index in [0.29, 0.717) is 23.7 Å². The van der Waals surface area contributed by atoms with Crippen molar-refractivity contribution in [2.45, 2.75) is 70.2 Å². The fraction of sp³-hybridized carbons (Fsp3) is 0.522. The molecule has 0 bridgehead atoms. The summed E-state index contributed by atoms with van der Waals surface area (Å²) in [5.74, 6) is -0.0354. The van der Waals surface area contributed by atoms with Crippen LogP contribution in [0.3, 0.4) is 0 Å². The number of benzene rings is 1. The van der Waals surface area contributed by atoms with Crippen LogP contribution in [0, 0.1) is 6.92 Å². The molecule has 1 aromatic heterocycles. The molecule has 2 rings (SSSR count). The van der Waals surface area contributed by atoms with E-state index < -0.39 is 0 Å². The van der Waals surface area contributed by atoms with Crippen LogP contribution in [-0.4, -0.2) is 27.3 Å². The van der Waals surface area contributed by atoms with Crippen LogP contribution < -0.4 is 10.9 Å². The lowest BCUT2D eigenvalue weighted by atomic mass is 9.86. The predicted molar refractivity (Wildman–Crippen MR) is 121 cm³/mol. The van der Waals surface area contributed by atoms with E-state index >= 15 is 0 Å². The van der Waals surface area contributed by atoms with Crippen LogP contribution in [-0.2, 0) is 23.7 Å². The third kappa shape index (κ3) is 5.95. The highest BCUT2D eigenvalue weighted by Gasteiger charge is 2.19. The number of hydrogen-bond acceptors (Lipinski definition) is 4. The number of amides is 1. The van der Waals surface area contributed by atoms with Crippen molar-refractivity contribution in [1.29, 1.82) is 0 Å². The van der Waals surface area contributed by atoms with Gasteiger partial charge in [-0.15, -0.1) is 0 Å². The van der Waals surface area contributed by atoms with Gasteiger partial charge in [0.15, 0.2) is 5.16 Å². The van der Waals surface area contributed by atoms with E-state index in [4.69, 9.17) is 0 Å². The number of hydrogen-bond donors (Lipinski definition) is 1. The van der Waals surface area contributed by atoms with Gasteiger partial charge < -0.3 is 5.32 Å². The standard InChI is InChI=1S/C23H33N3O2S/c1-8-13-24-20(27)16(3)29-22-25-15(2)19(21(28)26(22)7)14-17-9-11-18(12-10-17)23(4,5)6/h9-12,16H,8,13-14H2,1-7H3,(H,24,27). The largest absolute Gasteiger partial charge is 0.355 e. The van der Waals surface area contributed by atoms with Crippen LogP contribution >= 0.6 is 11.8 Å². The Bertz CT molecular complexity index is 911. The summed E-state index contributed by atoms with van der Waals surface area (Å²) in [7, 11) is 1.72. The minimum atomic E-state index is -0.310. The average Bonchev–Trinajstić information content (AvgIpc) is 2.66. The lowest BCUT2D eigenvalue weighted by Crippen LogP contribution is -2.32. The predicted octanol–water partition coefficient (Wildman–Crippen LogP) is 3.98. The molecule has 29 heavy (non-hydrogen) atoms. The zero-order valence-corrected chi connectivity index (χ0v) is 19.4. The molecule has 0 saturated heterocycles. The highest BCUT2D eigenvalue weighted by atomic mass is 32.2. The Morgan fingerprint density at radius 1 is 1.24 bits per heavy atom. The highest BCUT2D eigenvalue weighted by Crippen LogP contribution is 2.24. The van der Waals surface area contributed by atoms with Crippen LogP contribution in [0.4, 0.5) is 0 Å². The van der Waals surface area contributed by atoms with E-state index in [-0.39, 0.29) is 22.1 Å². The lowest BCUT2D eigenvalue weighted by Gasteiger charge is -2.19. The van der Waals surface area contributed by atoms with E-state index in [1.807, 2.05) is 20.8 Å². The van der Waals surface area contributed by atoms with Crippen molar-refractivity contribution in [2.75, 3.05) is 6.54 Å². The molecular formula is C23H33N3O2S. The molecule has 1 N–H and O–H groups in total. The van der Waals surface area contributed by atoms with E-state index in [0.717, 1.165) is 17.7 Å². The maximum atomic E-state index is 13.0. The van der Waals surface area contributed by atoms with Gasteiger partial charge in [0.2, 0.25) is 5.91 Å². The summed E-state index contributed by atoms with van der Waals surface area (Å²) in [5, 5.41) is 3.14. The molecule has 0 aliphatic heterocycles. The van der Waals surface area contributed by atoms with Crippen LogP contribution in [0.2, 0.25) is 0 Å². The van der Waals surface area contributed by atoms with Crippen LogP contribution in [0.25, 0.3) is 0 Å². The van der Waals surface area contributed by atoms with Crippen molar-refractivity contribution in [3.8, 4) is 0 Å². The van der Waals surface area contributed by atoms with Crippen molar-refractivity contribution < 1.29 is 4.79 Å². The van der Waals surface area contributed by atoms with Gasteiger partial charge in [-0.2, -0.15) is 0 Å². The van der Waals surface area contributed by atoms with E-state index in [1.54, 1.807) is 11.6 Å². The van der Waals surface area contributed by atoms with E-state index in [1.165, 1.54) is 17.3 Å². The smallest absolute Gasteiger partial charge is 0.257 e.